The first-order valence-electron chi connectivity index (χ1n) is 8.62. The van der Waals surface area contributed by atoms with Crippen molar-refractivity contribution >= 4 is 23.2 Å². The van der Waals surface area contributed by atoms with Crippen LogP contribution in [0.15, 0.2) is 60.9 Å². The van der Waals surface area contributed by atoms with Gasteiger partial charge in [0.1, 0.15) is 6.33 Å². The Bertz CT molecular complexity index is 1110. The fraction of sp³-hybridized carbons (Fsp3) is 0.100. The number of nitrogens with zero attached hydrogens (tertiary/aromatic N) is 5. The highest BCUT2D eigenvalue weighted by molar-refractivity contribution is 6.34. The first-order chi connectivity index (χ1) is 13.5. The highest BCUT2D eigenvalue weighted by atomic mass is 35.5. The number of aromatic nitrogens is 5. The zero-order chi connectivity index (χ0) is 19.7. The maximum absolute atomic E-state index is 12.8. The van der Waals surface area contributed by atoms with Gasteiger partial charge in [-0.25, -0.2) is 4.68 Å². The van der Waals surface area contributed by atoms with Crippen molar-refractivity contribution in [3.63, 3.8) is 0 Å². The van der Waals surface area contributed by atoms with E-state index in [-0.39, 0.29) is 5.91 Å². The molecule has 0 atom stereocenters. The standard InChI is InChI=1S/C20H17ClN6O/c1-13-3-4-14(2)27(13)17-9-10-19(21)18(11-17)20(28)23-15-5-7-16(8-6-15)26-12-22-24-25-26/h3-12H,1-2H3,(H,23,28). The number of carbonyl (C=O) groups excluding carboxylic acids is 1. The Morgan fingerprint density at radius 3 is 2.29 bits per heavy atom. The van der Waals surface area contributed by atoms with Gasteiger partial charge in [-0.1, -0.05) is 11.6 Å². The number of tetrazole rings is 1. The number of benzene rings is 2. The molecule has 140 valence electrons. The van der Waals surface area contributed by atoms with Crippen molar-refractivity contribution < 1.29 is 4.79 Å². The molecule has 0 saturated heterocycles. The van der Waals surface area contributed by atoms with Gasteiger partial charge in [-0.3, -0.25) is 4.79 Å². The number of anilines is 1. The summed E-state index contributed by atoms with van der Waals surface area (Å²) in [5, 5.41) is 14.3. The van der Waals surface area contributed by atoms with E-state index in [1.807, 2.05) is 44.2 Å². The van der Waals surface area contributed by atoms with Gasteiger partial charge in [0, 0.05) is 22.8 Å². The molecule has 0 saturated carbocycles. The van der Waals surface area contributed by atoms with Crippen molar-refractivity contribution in [2.24, 2.45) is 0 Å². The minimum atomic E-state index is -0.274. The van der Waals surface area contributed by atoms with Gasteiger partial charge in [0.05, 0.1) is 16.3 Å². The maximum atomic E-state index is 12.8. The van der Waals surface area contributed by atoms with E-state index in [0.717, 1.165) is 22.8 Å². The Morgan fingerprint density at radius 1 is 0.964 bits per heavy atom. The van der Waals surface area contributed by atoms with E-state index in [4.69, 9.17) is 11.6 Å². The second-order valence-corrected chi connectivity index (χ2v) is 6.78. The normalized spacial score (nSPS) is 10.8. The second kappa shape index (κ2) is 7.28. The molecule has 2 aromatic heterocycles. The fourth-order valence-electron chi connectivity index (χ4n) is 3.08. The molecule has 4 aromatic rings. The number of carbonyl (C=O) groups is 1. The van der Waals surface area contributed by atoms with Crippen molar-refractivity contribution in [3.8, 4) is 11.4 Å². The second-order valence-electron chi connectivity index (χ2n) is 6.37. The quantitative estimate of drug-likeness (QED) is 0.570. The van der Waals surface area contributed by atoms with E-state index in [9.17, 15) is 4.79 Å². The summed E-state index contributed by atoms with van der Waals surface area (Å²) in [6.07, 6.45) is 1.50. The summed E-state index contributed by atoms with van der Waals surface area (Å²) in [6, 6.07) is 16.7. The summed E-state index contributed by atoms with van der Waals surface area (Å²) >= 11 is 6.30. The predicted molar refractivity (Wildman–Crippen MR) is 107 cm³/mol. The largest absolute Gasteiger partial charge is 0.322 e. The fourth-order valence-corrected chi connectivity index (χ4v) is 3.28. The van der Waals surface area contributed by atoms with Gasteiger partial charge >= 0.3 is 0 Å². The summed E-state index contributed by atoms with van der Waals surface area (Å²) in [7, 11) is 0. The SMILES string of the molecule is Cc1ccc(C)n1-c1ccc(Cl)c(C(=O)Nc2ccc(-n3cnnn3)cc2)c1. The molecule has 0 aliphatic carbocycles. The number of aryl methyl sites for hydroxylation is 2. The molecule has 0 unspecified atom stereocenters. The summed E-state index contributed by atoms with van der Waals surface area (Å²) in [6.45, 7) is 4.04. The van der Waals surface area contributed by atoms with Crippen LogP contribution in [0.1, 0.15) is 21.7 Å². The van der Waals surface area contributed by atoms with Gasteiger partial charge in [0.2, 0.25) is 0 Å². The molecular formula is C20H17ClN6O. The lowest BCUT2D eigenvalue weighted by molar-refractivity contribution is 0.102. The number of halogens is 1. The lowest BCUT2D eigenvalue weighted by Crippen LogP contribution is -2.13. The average molecular weight is 393 g/mol. The smallest absolute Gasteiger partial charge is 0.257 e. The molecule has 0 fully saturated rings. The number of hydrogen-bond donors (Lipinski definition) is 1. The molecule has 0 aliphatic rings. The van der Waals surface area contributed by atoms with Crippen LogP contribution in [-0.2, 0) is 0 Å². The van der Waals surface area contributed by atoms with Crippen LogP contribution in [0.3, 0.4) is 0 Å². The summed E-state index contributed by atoms with van der Waals surface area (Å²) < 4.78 is 3.61. The Balaban J connectivity index is 1.59. The topological polar surface area (TPSA) is 77.6 Å². The van der Waals surface area contributed by atoms with Crippen molar-refractivity contribution in [3.05, 3.63) is 82.9 Å². The van der Waals surface area contributed by atoms with Crippen LogP contribution in [0.2, 0.25) is 5.02 Å². The van der Waals surface area contributed by atoms with E-state index < -0.39 is 0 Å². The summed E-state index contributed by atoms with van der Waals surface area (Å²) in [4.78, 5) is 12.8. The summed E-state index contributed by atoms with van der Waals surface area (Å²) in [5.41, 5.74) is 4.92. The van der Waals surface area contributed by atoms with Crippen molar-refractivity contribution in [2.75, 3.05) is 5.32 Å². The van der Waals surface area contributed by atoms with Crippen LogP contribution in [0.25, 0.3) is 11.4 Å². The zero-order valence-electron chi connectivity index (χ0n) is 15.3. The third-order valence-corrected chi connectivity index (χ3v) is 4.79. The number of amides is 1. The Morgan fingerprint density at radius 2 is 1.64 bits per heavy atom. The minimum Gasteiger partial charge on any atom is -0.322 e. The van der Waals surface area contributed by atoms with Gasteiger partial charge in [-0.05, 0) is 78.9 Å². The van der Waals surface area contributed by atoms with Gasteiger partial charge in [-0.15, -0.1) is 5.10 Å². The van der Waals surface area contributed by atoms with E-state index in [0.29, 0.717) is 16.3 Å². The lowest BCUT2D eigenvalue weighted by Gasteiger charge is -2.13. The van der Waals surface area contributed by atoms with Crippen LogP contribution >= 0.6 is 11.6 Å². The Kier molecular flexibility index (Phi) is 4.67. The van der Waals surface area contributed by atoms with Crippen molar-refractivity contribution in [1.82, 2.24) is 24.8 Å². The molecule has 0 spiro atoms. The van der Waals surface area contributed by atoms with Gasteiger partial charge in [0.25, 0.3) is 5.91 Å². The van der Waals surface area contributed by atoms with Crippen LogP contribution in [0.4, 0.5) is 5.69 Å². The lowest BCUT2D eigenvalue weighted by atomic mass is 10.1. The Hall–Kier alpha value is -3.45. The van der Waals surface area contributed by atoms with E-state index in [1.54, 1.807) is 24.3 Å². The molecule has 0 aliphatic heterocycles. The number of nitrogens with one attached hydrogen (secondary N) is 1. The van der Waals surface area contributed by atoms with E-state index >= 15 is 0 Å². The molecule has 8 heteroatoms. The molecule has 0 radical (unpaired) electrons. The van der Waals surface area contributed by atoms with Crippen molar-refractivity contribution in [1.29, 1.82) is 0 Å². The summed E-state index contributed by atoms with van der Waals surface area (Å²) in [5.74, 6) is -0.274. The van der Waals surface area contributed by atoms with Crippen LogP contribution < -0.4 is 5.32 Å². The first-order valence-corrected chi connectivity index (χ1v) is 9.00. The molecule has 7 nitrogen and oxygen atoms in total. The third-order valence-electron chi connectivity index (χ3n) is 4.46. The molecule has 1 N–H and O–H groups in total. The molecule has 2 aromatic carbocycles. The molecule has 0 bridgehead atoms. The monoisotopic (exact) mass is 392 g/mol. The number of rotatable bonds is 4. The van der Waals surface area contributed by atoms with E-state index in [2.05, 4.69) is 25.4 Å². The van der Waals surface area contributed by atoms with Crippen LogP contribution in [0.5, 0.6) is 0 Å². The van der Waals surface area contributed by atoms with Crippen molar-refractivity contribution in [2.45, 2.75) is 13.8 Å². The highest BCUT2D eigenvalue weighted by Gasteiger charge is 2.14. The van der Waals surface area contributed by atoms with E-state index in [1.165, 1.54) is 11.0 Å². The molecule has 4 rings (SSSR count). The van der Waals surface area contributed by atoms with Gasteiger partial charge in [-0.2, -0.15) is 0 Å². The molecule has 1 amide bonds. The van der Waals surface area contributed by atoms with Crippen LogP contribution in [-0.4, -0.2) is 30.7 Å². The minimum absolute atomic E-state index is 0.274. The third kappa shape index (κ3) is 3.39. The van der Waals surface area contributed by atoms with Crippen LogP contribution in [0, 0.1) is 13.8 Å². The molecule has 2 heterocycles. The zero-order valence-corrected chi connectivity index (χ0v) is 16.1. The molecule has 28 heavy (non-hydrogen) atoms. The first kappa shape index (κ1) is 17.9. The number of hydrogen-bond acceptors (Lipinski definition) is 4. The van der Waals surface area contributed by atoms with Gasteiger partial charge < -0.3 is 9.88 Å². The average Bonchev–Trinajstić information content (AvgIpc) is 3.33. The maximum Gasteiger partial charge on any atom is 0.257 e. The highest BCUT2D eigenvalue weighted by Crippen LogP contribution is 2.24. The van der Waals surface area contributed by atoms with Gasteiger partial charge in [0.15, 0.2) is 0 Å². The predicted octanol–water partition coefficient (Wildman–Crippen LogP) is 3.98. The molecular weight excluding hydrogens is 376 g/mol. The Labute approximate surface area is 166 Å².